The number of benzene rings is 1. The summed E-state index contributed by atoms with van der Waals surface area (Å²) in [4.78, 5) is 16.5. The number of hydrogen-bond acceptors (Lipinski definition) is 3. The number of hydrogen-bond donors (Lipinski definition) is 3. The Bertz CT molecular complexity index is 682. The summed E-state index contributed by atoms with van der Waals surface area (Å²) >= 11 is 0. The van der Waals surface area contributed by atoms with Gasteiger partial charge < -0.3 is 20.7 Å². The van der Waals surface area contributed by atoms with Crippen LogP contribution in [0.4, 0.5) is 0 Å². The van der Waals surface area contributed by atoms with Crippen molar-refractivity contribution in [1.82, 2.24) is 16.0 Å². The Kier molecular flexibility index (Phi) is 8.96. The third-order valence-electron chi connectivity index (χ3n) is 5.24. The molecule has 1 aromatic carbocycles. The minimum atomic E-state index is -0.0262. The number of carbonyl (C=O) groups excluding carboxylic acids is 1. The van der Waals surface area contributed by atoms with Crippen LogP contribution in [0, 0.1) is 11.3 Å². The molecular formula is C23H38N4O2. The summed E-state index contributed by atoms with van der Waals surface area (Å²) in [6, 6.07) is 7.70. The molecule has 0 spiro atoms. The fourth-order valence-corrected chi connectivity index (χ4v) is 3.81. The van der Waals surface area contributed by atoms with Gasteiger partial charge >= 0.3 is 0 Å². The lowest BCUT2D eigenvalue weighted by Crippen LogP contribution is -2.47. The van der Waals surface area contributed by atoms with E-state index in [-0.39, 0.29) is 17.4 Å². The number of guanidine groups is 1. The summed E-state index contributed by atoms with van der Waals surface area (Å²) < 4.78 is 6.08. The van der Waals surface area contributed by atoms with E-state index >= 15 is 0 Å². The van der Waals surface area contributed by atoms with Crippen LogP contribution in [0.25, 0.3) is 0 Å². The molecule has 0 aromatic heterocycles. The molecule has 1 saturated heterocycles. The van der Waals surface area contributed by atoms with E-state index in [2.05, 4.69) is 41.7 Å². The third kappa shape index (κ3) is 7.35. The van der Waals surface area contributed by atoms with Crippen molar-refractivity contribution in [2.45, 2.75) is 59.6 Å². The zero-order valence-electron chi connectivity index (χ0n) is 18.7. The van der Waals surface area contributed by atoms with Gasteiger partial charge in [-0.25, -0.2) is 0 Å². The summed E-state index contributed by atoms with van der Waals surface area (Å²) in [7, 11) is 1.78. The smallest absolute Gasteiger partial charge is 0.251 e. The van der Waals surface area contributed by atoms with E-state index in [0.29, 0.717) is 24.6 Å². The van der Waals surface area contributed by atoms with Gasteiger partial charge in [0.05, 0.1) is 6.10 Å². The lowest BCUT2D eigenvalue weighted by Gasteiger charge is -2.40. The summed E-state index contributed by atoms with van der Waals surface area (Å²) in [6.07, 6.45) is 3.45. The lowest BCUT2D eigenvalue weighted by molar-refractivity contribution is -0.0835. The van der Waals surface area contributed by atoms with Crippen LogP contribution in [-0.4, -0.2) is 44.7 Å². The summed E-state index contributed by atoms with van der Waals surface area (Å²) in [6.45, 7) is 11.8. The molecule has 1 amide bonds. The van der Waals surface area contributed by atoms with Gasteiger partial charge in [-0.05, 0) is 42.4 Å². The molecule has 1 heterocycles. The Morgan fingerprint density at radius 3 is 2.72 bits per heavy atom. The highest BCUT2D eigenvalue weighted by atomic mass is 16.5. The molecule has 0 bridgehead atoms. The second kappa shape index (κ2) is 11.2. The predicted molar refractivity (Wildman–Crippen MR) is 119 cm³/mol. The van der Waals surface area contributed by atoms with Gasteiger partial charge in [0, 0.05) is 44.8 Å². The van der Waals surface area contributed by atoms with Gasteiger partial charge in [-0.3, -0.25) is 9.79 Å². The molecule has 1 aliphatic heterocycles. The van der Waals surface area contributed by atoms with E-state index < -0.39 is 0 Å². The number of nitrogens with zero attached hydrogens (tertiary/aromatic N) is 1. The van der Waals surface area contributed by atoms with Gasteiger partial charge in [-0.1, -0.05) is 39.8 Å². The largest absolute Gasteiger partial charge is 0.377 e. The maximum absolute atomic E-state index is 12.2. The van der Waals surface area contributed by atoms with E-state index in [1.807, 2.05) is 31.2 Å². The molecule has 0 saturated carbocycles. The van der Waals surface area contributed by atoms with Crippen LogP contribution < -0.4 is 16.0 Å². The van der Waals surface area contributed by atoms with Crippen molar-refractivity contribution < 1.29 is 9.53 Å². The van der Waals surface area contributed by atoms with E-state index in [1.54, 1.807) is 7.05 Å². The Balaban J connectivity index is 1.88. The van der Waals surface area contributed by atoms with Crippen LogP contribution in [0.5, 0.6) is 0 Å². The highest BCUT2D eigenvalue weighted by Crippen LogP contribution is 2.33. The average molecular weight is 403 g/mol. The zero-order chi connectivity index (χ0) is 21.3. The van der Waals surface area contributed by atoms with Crippen molar-refractivity contribution >= 4 is 11.9 Å². The quantitative estimate of drug-likeness (QED) is 0.483. The van der Waals surface area contributed by atoms with Crippen molar-refractivity contribution in [1.29, 1.82) is 0 Å². The van der Waals surface area contributed by atoms with Crippen LogP contribution >= 0.6 is 0 Å². The first-order chi connectivity index (χ1) is 13.8. The first kappa shape index (κ1) is 23.2. The molecule has 6 nitrogen and oxygen atoms in total. The highest BCUT2D eigenvalue weighted by molar-refractivity contribution is 5.94. The molecule has 1 aromatic rings. The molecule has 29 heavy (non-hydrogen) atoms. The van der Waals surface area contributed by atoms with Gasteiger partial charge in [0.25, 0.3) is 5.91 Å². The van der Waals surface area contributed by atoms with Gasteiger partial charge in [-0.15, -0.1) is 0 Å². The Morgan fingerprint density at radius 1 is 1.24 bits per heavy atom. The number of amides is 1. The minimum absolute atomic E-state index is 0.0262. The second-order valence-corrected chi connectivity index (χ2v) is 8.82. The van der Waals surface area contributed by atoms with Crippen LogP contribution in [0.3, 0.4) is 0 Å². The molecule has 2 atom stereocenters. The van der Waals surface area contributed by atoms with Gasteiger partial charge in [0.15, 0.2) is 5.96 Å². The van der Waals surface area contributed by atoms with Crippen LogP contribution in [-0.2, 0) is 11.3 Å². The summed E-state index contributed by atoms with van der Waals surface area (Å²) in [5.74, 6) is 1.21. The molecule has 0 aliphatic carbocycles. The first-order valence-corrected chi connectivity index (χ1v) is 10.8. The molecule has 0 radical (unpaired) electrons. The molecule has 3 N–H and O–H groups in total. The van der Waals surface area contributed by atoms with E-state index in [1.165, 1.54) is 6.42 Å². The van der Waals surface area contributed by atoms with E-state index in [4.69, 9.17) is 4.74 Å². The maximum Gasteiger partial charge on any atom is 0.251 e. The number of nitrogens with one attached hydrogen (secondary N) is 3. The Morgan fingerprint density at radius 2 is 2.03 bits per heavy atom. The molecule has 2 rings (SSSR count). The standard InChI is InChI=1S/C23H38N4O2/c1-6-12-25-21(28)18-10-7-9-17(14-18)15-26-22(24-5)27-16-19-11-8-13-29-20(19)23(2,3)4/h7,9-10,14,19-20H,6,8,11-13,15-16H2,1-5H3,(H,25,28)(H2,24,26,27). The van der Waals surface area contributed by atoms with E-state index in [0.717, 1.165) is 37.5 Å². The lowest BCUT2D eigenvalue weighted by atomic mass is 9.78. The fourth-order valence-electron chi connectivity index (χ4n) is 3.81. The van der Waals surface area contributed by atoms with Gasteiger partial charge in [0.1, 0.15) is 0 Å². The van der Waals surface area contributed by atoms with E-state index in [9.17, 15) is 4.79 Å². The van der Waals surface area contributed by atoms with Crippen LogP contribution in [0.2, 0.25) is 0 Å². The minimum Gasteiger partial charge on any atom is -0.377 e. The van der Waals surface area contributed by atoms with Crippen molar-refractivity contribution in [2.75, 3.05) is 26.7 Å². The molecule has 2 unspecified atom stereocenters. The normalized spacial score (nSPS) is 20.2. The first-order valence-electron chi connectivity index (χ1n) is 10.8. The number of carbonyl (C=O) groups is 1. The summed E-state index contributed by atoms with van der Waals surface area (Å²) in [5.41, 5.74) is 1.86. The number of aliphatic imine (C=N–C) groups is 1. The molecule has 1 fully saturated rings. The molecule has 162 valence electrons. The third-order valence-corrected chi connectivity index (χ3v) is 5.24. The maximum atomic E-state index is 12.2. The topological polar surface area (TPSA) is 74.8 Å². The number of rotatable bonds is 7. The molecule has 1 aliphatic rings. The molecular weight excluding hydrogens is 364 g/mol. The van der Waals surface area contributed by atoms with Gasteiger partial charge in [-0.2, -0.15) is 0 Å². The van der Waals surface area contributed by atoms with Crippen LogP contribution in [0.15, 0.2) is 29.3 Å². The Hall–Kier alpha value is -2.08. The number of ether oxygens (including phenoxy) is 1. The van der Waals surface area contributed by atoms with Crippen molar-refractivity contribution in [3.05, 3.63) is 35.4 Å². The average Bonchev–Trinajstić information content (AvgIpc) is 2.72. The highest BCUT2D eigenvalue weighted by Gasteiger charge is 2.35. The SMILES string of the molecule is CCCNC(=O)c1cccc(CNC(=NC)NCC2CCCOC2C(C)(C)C)c1. The molecule has 6 heteroatoms. The Labute approximate surface area is 175 Å². The predicted octanol–water partition coefficient (Wildman–Crippen LogP) is 3.33. The zero-order valence-corrected chi connectivity index (χ0v) is 18.7. The van der Waals surface area contributed by atoms with Crippen LogP contribution in [0.1, 0.15) is 62.9 Å². The van der Waals surface area contributed by atoms with Gasteiger partial charge in [0.2, 0.25) is 0 Å². The fraction of sp³-hybridized carbons (Fsp3) is 0.652. The van der Waals surface area contributed by atoms with Crippen molar-refractivity contribution in [3.63, 3.8) is 0 Å². The van der Waals surface area contributed by atoms with Crippen molar-refractivity contribution in [3.8, 4) is 0 Å². The monoisotopic (exact) mass is 402 g/mol. The van der Waals surface area contributed by atoms with Crippen molar-refractivity contribution in [2.24, 2.45) is 16.3 Å². The summed E-state index contributed by atoms with van der Waals surface area (Å²) in [5, 5.41) is 9.73. The second-order valence-electron chi connectivity index (χ2n) is 8.82.